The molecule has 0 aliphatic heterocycles. The van der Waals surface area contributed by atoms with E-state index in [1.807, 2.05) is 45.0 Å². The average molecular weight is 238 g/mol. The number of hydrogen-bond donors (Lipinski definition) is 1. The Morgan fingerprint density at radius 3 is 2.25 bits per heavy atom. The topological polar surface area (TPSA) is 26.0 Å². The molecular weight excluding hydrogens is 218 g/mol. The molecule has 16 heavy (non-hydrogen) atoms. The van der Waals surface area contributed by atoms with Gasteiger partial charge in [0.25, 0.3) is 0 Å². The van der Waals surface area contributed by atoms with E-state index in [4.69, 9.17) is 17.3 Å². The van der Waals surface area contributed by atoms with Crippen LogP contribution in [-0.4, -0.2) is 5.54 Å². The van der Waals surface area contributed by atoms with Gasteiger partial charge in [0, 0.05) is 16.5 Å². The fourth-order valence-corrected chi connectivity index (χ4v) is 1.92. The summed E-state index contributed by atoms with van der Waals surface area (Å²) in [4.78, 5) is 0. The first-order valence-corrected chi connectivity index (χ1v) is 5.87. The smallest absolute Gasteiger partial charge is 0.0406 e. The second kappa shape index (κ2) is 5.03. The zero-order chi connectivity index (χ0) is 12.3. The largest absolute Gasteiger partial charge is 0.326 e. The molecule has 0 aliphatic carbocycles. The summed E-state index contributed by atoms with van der Waals surface area (Å²) in [7, 11) is 0. The lowest BCUT2D eigenvalue weighted by Crippen LogP contribution is -2.34. The SMILES string of the molecule is C=C(C)[C@@H](CC(C)(C)N)c1ccc(Cl)cc1. The van der Waals surface area contributed by atoms with E-state index in [9.17, 15) is 0 Å². The van der Waals surface area contributed by atoms with Gasteiger partial charge >= 0.3 is 0 Å². The van der Waals surface area contributed by atoms with Crippen LogP contribution in [0.2, 0.25) is 5.02 Å². The highest BCUT2D eigenvalue weighted by Crippen LogP contribution is 2.31. The van der Waals surface area contributed by atoms with Gasteiger partial charge in [-0.25, -0.2) is 0 Å². The maximum absolute atomic E-state index is 6.07. The Labute approximate surface area is 103 Å². The molecule has 0 unspecified atom stereocenters. The monoisotopic (exact) mass is 237 g/mol. The first kappa shape index (κ1) is 13.3. The minimum absolute atomic E-state index is 0.191. The molecule has 1 aromatic carbocycles. The van der Waals surface area contributed by atoms with Crippen LogP contribution in [-0.2, 0) is 0 Å². The van der Waals surface area contributed by atoms with E-state index in [1.54, 1.807) is 0 Å². The van der Waals surface area contributed by atoms with E-state index in [-0.39, 0.29) is 5.54 Å². The summed E-state index contributed by atoms with van der Waals surface area (Å²) in [5.74, 6) is 0.303. The molecule has 2 N–H and O–H groups in total. The van der Waals surface area contributed by atoms with Crippen LogP contribution in [0.5, 0.6) is 0 Å². The van der Waals surface area contributed by atoms with Gasteiger partial charge < -0.3 is 5.73 Å². The molecule has 2 heteroatoms. The van der Waals surface area contributed by atoms with Crippen molar-refractivity contribution in [2.75, 3.05) is 0 Å². The van der Waals surface area contributed by atoms with Crippen molar-refractivity contribution in [3.63, 3.8) is 0 Å². The van der Waals surface area contributed by atoms with Gasteiger partial charge in [0.05, 0.1) is 0 Å². The third kappa shape index (κ3) is 3.99. The molecule has 1 aromatic rings. The molecule has 0 saturated carbocycles. The normalized spacial score (nSPS) is 13.6. The molecule has 0 saturated heterocycles. The highest BCUT2D eigenvalue weighted by Gasteiger charge is 2.21. The number of rotatable bonds is 4. The van der Waals surface area contributed by atoms with Crippen LogP contribution in [0, 0.1) is 0 Å². The lowest BCUT2D eigenvalue weighted by atomic mass is 9.83. The molecule has 0 bridgehead atoms. The van der Waals surface area contributed by atoms with E-state index in [0.29, 0.717) is 5.92 Å². The van der Waals surface area contributed by atoms with Crippen LogP contribution < -0.4 is 5.73 Å². The standard InChI is InChI=1S/C14H20ClN/c1-10(2)13(9-14(3,4)16)11-5-7-12(15)8-6-11/h5-8,13H,1,9,16H2,2-4H3/t13-/m1/s1. The van der Waals surface area contributed by atoms with Crippen molar-refractivity contribution < 1.29 is 0 Å². The Kier molecular flexibility index (Phi) is 4.17. The molecule has 0 fully saturated rings. The Bertz CT molecular complexity index is 359. The lowest BCUT2D eigenvalue weighted by Gasteiger charge is -2.26. The number of benzene rings is 1. The van der Waals surface area contributed by atoms with Crippen LogP contribution in [0.1, 0.15) is 38.7 Å². The maximum atomic E-state index is 6.07. The van der Waals surface area contributed by atoms with Gasteiger partial charge in [-0.2, -0.15) is 0 Å². The van der Waals surface area contributed by atoms with Crippen molar-refractivity contribution in [3.8, 4) is 0 Å². The van der Waals surface area contributed by atoms with E-state index in [0.717, 1.165) is 17.0 Å². The quantitative estimate of drug-likeness (QED) is 0.783. The van der Waals surface area contributed by atoms with E-state index in [1.165, 1.54) is 5.56 Å². The molecule has 88 valence electrons. The average Bonchev–Trinajstić information content (AvgIpc) is 2.14. The fraction of sp³-hybridized carbons (Fsp3) is 0.429. The van der Waals surface area contributed by atoms with Gasteiger partial charge in [0.1, 0.15) is 0 Å². The van der Waals surface area contributed by atoms with Crippen LogP contribution in [0.25, 0.3) is 0 Å². The second-order valence-corrected chi connectivity index (χ2v) is 5.58. The van der Waals surface area contributed by atoms with E-state index in [2.05, 4.69) is 6.58 Å². The molecule has 0 heterocycles. The van der Waals surface area contributed by atoms with Crippen molar-refractivity contribution in [2.24, 2.45) is 5.73 Å². The van der Waals surface area contributed by atoms with Crippen molar-refractivity contribution >= 4 is 11.6 Å². The first-order chi connectivity index (χ1) is 7.29. The van der Waals surface area contributed by atoms with Gasteiger partial charge in [-0.3, -0.25) is 0 Å². The minimum atomic E-state index is -0.191. The summed E-state index contributed by atoms with van der Waals surface area (Å²) in [5.41, 5.74) is 8.25. The van der Waals surface area contributed by atoms with Crippen LogP contribution in [0.3, 0.4) is 0 Å². The summed E-state index contributed by atoms with van der Waals surface area (Å²) in [6.07, 6.45) is 0.893. The second-order valence-electron chi connectivity index (χ2n) is 5.14. The molecule has 1 rings (SSSR count). The van der Waals surface area contributed by atoms with Crippen molar-refractivity contribution in [1.82, 2.24) is 0 Å². The highest BCUT2D eigenvalue weighted by atomic mass is 35.5. The fourth-order valence-electron chi connectivity index (χ4n) is 1.80. The predicted molar refractivity (Wildman–Crippen MR) is 71.9 cm³/mol. The Morgan fingerprint density at radius 1 is 1.38 bits per heavy atom. The Hall–Kier alpha value is -0.790. The third-order valence-electron chi connectivity index (χ3n) is 2.60. The van der Waals surface area contributed by atoms with Crippen LogP contribution in [0.4, 0.5) is 0 Å². The minimum Gasteiger partial charge on any atom is -0.326 e. The number of nitrogens with two attached hydrogens (primary N) is 1. The Morgan fingerprint density at radius 2 is 1.88 bits per heavy atom. The van der Waals surface area contributed by atoms with Crippen LogP contribution >= 0.6 is 11.6 Å². The summed E-state index contributed by atoms with van der Waals surface area (Å²) in [6, 6.07) is 7.92. The van der Waals surface area contributed by atoms with E-state index >= 15 is 0 Å². The van der Waals surface area contributed by atoms with Gasteiger partial charge in [0.15, 0.2) is 0 Å². The molecule has 1 atom stereocenters. The van der Waals surface area contributed by atoms with Gasteiger partial charge in [-0.05, 0) is 44.9 Å². The molecule has 0 radical (unpaired) electrons. The number of hydrogen-bond acceptors (Lipinski definition) is 1. The molecule has 1 nitrogen and oxygen atoms in total. The molecular formula is C14H20ClN. The Balaban J connectivity index is 2.94. The van der Waals surface area contributed by atoms with Gasteiger partial charge in [-0.15, -0.1) is 0 Å². The van der Waals surface area contributed by atoms with Gasteiger partial charge in [-0.1, -0.05) is 35.9 Å². The lowest BCUT2D eigenvalue weighted by molar-refractivity contribution is 0.446. The summed E-state index contributed by atoms with van der Waals surface area (Å²) >= 11 is 5.88. The van der Waals surface area contributed by atoms with Crippen molar-refractivity contribution in [2.45, 2.75) is 38.6 Å². The summed E-state index contributed by atoms with van der Waals surface area (Å²) < 4.78 is 0. The third-order valence-corrected chi connectivity index (χ3v) is 2.85. The number of halogens is 1. The summed E-state index contributed by atoms with van der Waals surface area (Å²) in [6.45, 7) is 10.2. The first-order valence-electron chi connectivity index (χ1n) is 5.49. The predicted octanol–water partition coefficient (Wildman–Crippen LogP) is 4.13. The maximum Gasteiger partial charge on any atom is 0.0406 e. The molecule has 0 aromatic heterocycles. The molecule has 0 amide bonds. The van der Waals surface area contributed by atoms with Gasteiger partial charge in [0.2, 0.25) is 0 Å². The van der Waals surface area contributed by atoms with E-state index < -0.39 is 0 Å². The highest BCUT2D eigenvalue weighted by molar-refractivity contribution is 6.30. The van der Waals surface area contributed by atoms with Crippen molar-refractivity contribution in [1.29, 1.82) is 0 Å². The number of allylic oxidation sites excluding steroid dienone is 1. The molecule has 0 aliphatic rings. The zero-order valence-corrected chi connectivity index (χ0v) is 11.0. The van der Waals surface area contributed by atoms with Crippen LogP contribution in [0.15, 0.2) is 36.4 Å². The summed E-state index contributed by atoms with van der Waals surface area (Å²) in [5, 5.41) is 0.760. The molecule has 0 spiro atoms. The zero-order valence-electron chi connectivity index (χ0n) is 10.3. The van der Waals surface area contributed by atoms with Crippen molar-refractivity contribution in [3.05, 3.63) is 47.0 Å².